The number of likely N-dealkylation sites (tertiary alicyclic amines) is 1. The molecule has 46 heavy (non-hydrogen) atoms. The molecular formula is C31H31F3N6O5S. The molecule has 1 fully saturated rings. The summed E-state index contributed by atoms with van der Waals surface area (Å²) in [6.07, 6.45) is -3.42. The Morgan fingerprint density at radius 2 is 1.80 bits per heavy atom. The van der Waals surface area contributed by atoms with Crippen molar-refractivity contribution in [1.29, 1.82) is 0 Å². The maximum atomic E-state index is 13.8. The molecule has 4 aromatic rings. The molecule has 0 saturated carbocycles. The van der Waals surface area contributed by atoms with E-state index in [1.54, 1.807) is 39.8 Å². The summed E-state index contributed by atoms with van der Waals surface area (Å²) in [5.41, 5.74) is -2.53. The number of rotatable bonds is 6. The zero-order chi connectivity index (χ0) is 33.4. The van der Waals surface area contributed by atoms with Crippen LogP contribution in [-0.2, 0) is 20.5 Å². The fraction of sp³-hybridized carbons (Fsp3) is 0.355. The van der Waals surface area contributed by atoms with Gasteiger partial charge in [-0.2, -0.15) is 13.2 Å². The maximum Gasteiger partial charge on any atom is 0.416 e. The molecule has 3 amide bonds. The summed E-state index contributed by atoms with van der Waals surface area (Å²) in [7, 11) is 0. The number of alkyl halides is 3. The normalized spacial score (nSPS) is 16.7. The van der Waals surface area contributed by atoms with Gasteiger partial charge in [-0.3, -0.25) is 14.5 Å². The first kappa shape index (κ1) is 32.6. The number of carbonyl (C=O) groups is 3. The van der Waals surface area contributed by atoms with Crippen molar-refractivity contribution >= 4 is 50.3 Å². The Labute approximate surface area is 266 Å². The number of hydrogen-bond donors (Lipinski definition) is 2. The Balaban J connectivity index is 1.48. The summed E-state index contributed by atoms with van der Waals surface area (Å²) in [4.78, 5) is 52.3. The summed E-state index contributed by atoms with van der Waals surface area (Å²) in [6, 6.07) is 9.54. The number of halogens is 3. The number of nitrogens with one attached hydrogen (secondary N) is 2. The lowest BCUT2D eigenvalue weighted by Crippen LogP contribution is -2.54. The molecule has 1 aliphatic heterocycles. The van der Waals surface area contributed by atoms with E-state index in [9.17, 15) is 27.6 Å². The van der Waals surface area contributed by atoms with Crippen LogP contribution >= 0.6 is 11.3 Å². The fourth-order valence-electron chi connectivity index (χ4n) is 4.98. The average molecular weight is 657 g/mol. The second-order valence-corrected chi connectivity index (χ2v) is 12.9. The van der Waals surface area contributed by atoms with E-state index in [0.29, 0.717) is 22.8 Å². The molecule has 3 heterocycles. The predicted molar refractivity (Wildman–Crippen MR) is 166 cm³/mol. The number of anilines is 2. The lowest BCUT2D eigenvalue weighted by Gasteiger charge is -2.35. The van der Waals surface area contributed by atoms with E-state index in [1.807, 2.05) is 6.07 Å². The Morgan fingerprint density at radius 3 is 2.50 bits per heavy atom. The van der Waals surface area contributed by atoms with Crippen molar-refractivity contribution < 1.29 is 37.0 Å². The van der Waals surface area contributed by atoms with Crippen molar-refractivity contribution in [2.24, 2.45) is 0 Å². The number of para-hydroxylation sites is 1. The van der Waals surface area contributed by atoms with Gasteiger partial charge in [0.25, 0.3) is 0 Å². The average Bonchev–Trinajstić information content (AvgIpc) is 3.56. The van der Waals surface area contributed by atoms with Gasteiger partial charge in [-0.1, -0.05) is 23.5 Å². The minimum atomic E-state index is -4.69. The van der Waals surface area contributed by atoms with Crippen LogP contribution in [0, 0.1) is 0 Å². The fourth-order valence-corrected chi connectivity index (χ4v) is 5.91. The first-order chi connectivity index (χ1) is 21.5. The van der Waals surface area contributed by atoms with Crippen molar-refractivity contribution in [2.75, 3.05) is 17.2 Å². The van der Waals surface area contributed by atoms with Gasteiger partial charge in [0.15, 0.2) is 10.9 Å². The highest BCUT2D eigenvalue weighted by molar-refractivity contribution is 7.22. The van der Waals surface area contributed by atoms with Gasteiger partial charge < -0.3 is 20.1 Å². The summed E-state index contributed by atoms with van der Waals surface area (Å²) in [5.74, 6) is -0.567. The minimum absolute atomic E-state index is 0.0580. The standard InChI is InChI=1S/C31H31F3N6O5S/c1-17(41)37-27-39-25-22(8-6-9-23(25)46-27)44-24-15-20(35-16-36-24)19-11-10-18(31(32,33)34)14-21(19)38-26(42)30(5)12-7-13-40(30)28(43)45-29(2,3)4/h6,8-11,14-16H,7,12-13H2,1-5H3,(H,38,42)(H,37,39,41)/t30-/m0/s1. The third kappa shape index (κ3) is 7.03. The third-order valence-electron chi connectivity index (χ3n) is 7.14. The first-order valence-electron chi connectivity index (χ1n) is 14.2. The van der Waals surface area contributed by atoms with E-state index in [0.717, 1.165) is 16.8 Å². The highest BCUT2D eigenvalue weighted by Gasteiger charge is 2.47. The van der Waals surface area contributed by atoms with Crippen LogP contribution in [-0.4, -0.2) is 55.4 Å². The minimum Gasteiger partial charge on any atom is -0.444 e. The van der Waals surface area contributed by atoms with Crippen LogP contribution in [0.15, 0.2) is 48.8 Å². The molecular weight excluding hydrogens is 625 g/mol. The SMILES string of the molecule is CC(=O)Nc1nc2c(Oc3cc(-c4ccc(C(F)(F)F)cc4NC(=O)[C@]4(C)CCCN4C(=O)OC(C)(C)C)ncn3)cccc2s1. The van der Waals surface area contributed by atoms with Gasteiger partial charge in [-0.15, -0.1) is 0 Å². The molecule has 0 unspecified atom stereocenters. The number of nitrogens with zero attached hydrogens (tertiary/aromatic N) is 4. The zero-order valence-corrected chi connectivity index (χ0v) is 26.4. The number of fused-ring (bicyclic) bond motifs is 1. The number of thiazole rings is 1. The van der Waals surface area contributed by atoms with Crippen LogP contribution in [0.25, 0.3) is 21.5 Å². The van der Waals surface area contributed by atoms with E-state index in [1.165, 1.54) is 41.6 Å². The molecule has 2 aromatic heterocycles. The van der Waals surface area contributed by atoms with Gasteiger partial charge in [0, 0.05) is 25.1 Å². The van der Waals surface area contributed by atoms with Crippen LogP contribution in [0.5, 0.6) is 11.6 Å². The second kappa shape index (κ2) is 12.2. The molecule has 2 N–H and O–H groups in total. The quantitative estimate of drug-likeness (QED) is 0.222. The summed E-state index contributed by atoms with van der Waals surface area (Å²) in [6.45, 7) is 8.28. The molecule has 1 atom stereocenters. The van der Waals surface area contributed by atoms with Crippen molar-refractivity contribution in [3.8, 4) is 22.9 Å². The van der Waals surface area contributed by atoms with Gasteiger partial charge in [-0.25, -0.2) is 19.7 Å². The van der Waals surface area contributed by atoms with Crippen molar-refractivity contribution in [1.82, 2.24) is 19.9 Å². The molecule has 0 radical (unpaired) electrons. The summed E-state index contributed by atoms with van der Waals surface area (Å²) < 4.78 is 53.6. The number of carbonyl (C=O) groups excluding carboxylic acids is 3. The number of hydrogen-bond acceptors (Lipinski definition) is 9. The van der Waals surface area contributed by atoms with Gasteiger partial charge in [0.05, 0.1) is 21.6 Å². The van der Waals surface area contributed by atoms with Crippen LogP contribution < -0.4 is 15.4 Å². The third-order valence-corrected chi connectivity index (χ3v) is 8.07. The van der Waals surface area contributed by atoms with Crippen LogP contribution in [0.2, 0.25) is 0 Å². The highest BCUT2D eigenvalue weighted by Crippen LogP contribution is 2.39. The van der Waals surface area contributed by atoms with Crippen molar-refractivity contribution in [3.05, 3.63) is 54.4 Å². The van der Waals surface area contributed by atoms with Gasteiger partial charge >= 0.3 is 12.3 Å². The number of aromatic nitrogens is 3. The summed E-state index contributed by atoms with van der Waals surface area (Å²) in [5, 5.41) is 5.65. The molecule has 1 aliphatic rings. The van der Waals surface area contributed by atoms with Crippen LogP contribution in [0.3, 0.4) is 0 Å². The molecule has 11 nitrogen and oxygen atoms in total. The van der Waals surface area contributed by atoms with E-state index in [2.05, 4.69) is 25.6 Å². The Bertz CT molecular complexity index is 1820. The van der Waals surface area contributed by atoms with Crippen LogP contribution in [0.4, 0.5) is 28.8 Å². The predicted octanol–water partition coefficient (Wildman–Crippen LogP) is 7.25. The molecule has 0 spiro atoms. The highest BCUT2D eigenvalue weighted by atomic mass is 32.1. The smallest absolute Gasteiger partial charge is 0.416 e. The van der Waals surface area contributed by atoms with Gasteiger partial charge in [0.1, 0.15) is 23.0 Å². The largest absolute Gasteiger partial charge is 0.444 e. The van der Waals surface area contributed by atoms with Crippen LogP contribution in [0.1, 0.15) is 53.0 Å². The molecule has 2 aromatic carbocycles. The number of benzene rings is 2. The topological polar surface area (TPSA) is 136 Å². The second-order valence-electron chi connectivity index (χ2n) is 11.9. The molecule has 15 heteroatoms. The van der Waals surface area contributed by atoms with Gasteiger partial charge in [-0.05, 0) is 64.8 Å². The molecule has 1 saturated heterocycles. The Morgan fingerprint density at radius 1 is 1.04 bits per heavy atom. The molecule has 0 aliphatic carbocycles. The zero-order valence-electron chi connectivity index (χ0n) is 25.6. The van der Waals surface area contributed by atoms with Crippen molar-refractivity contribution in [2.45, 2.75) is 64.8 Å². The van der Waals surface area contributed by atoms with E-state index in [-0.39, 0.29) is 41.7 Å². The number of ether oxygens (including phenoxy) is 2. The van der Waals surface area contributed by atoms with E-state index < -0.39 is 34.9 Å². The molecule has 5 rings (SSSR count). The lowest BCUT2D eigenvalue weighted by molar-refractivity contribution is -0.137. The molecule has 0 bridgehead atoms. The molecule has 242 valence electrons. The van der Waals surface area contributed by atoms with Crippen molar-refractivity contribution in [3.63, 3.8) is 0 Å². The van der Waals surface area contributed by atoms with Gasteiger partial charge in [0.2, 0.25) is 17.7 Å². The van der Waals surface area contributed by atoms with E-state index in [4.69, 9.17) is 9.47 Å². The Kier molecular flexibility index (Phi) is 8.64. The summed E-state index contributed by atoms with van der Waals surface area (Å²) >= 11 is 1.26. The monoisotopic (exact) mass is 656 g/mol. The first-order valence-corrected chi connectivity index (χ1v) is 15.1. The number of amides is 3. The Hall–Kier alpha value is -4.79. The maximum absolute atomic E-state index is 13.8. The van der Waals surface area contributed by atoms with E-state index >= 15 is 0 Å². The lowest BCUT2D eigenvalue weighted by atomic mass is 9.97.